The Labute approximate surface area is 72.7 Å². The first-order valence-corrected chi connectivity index (χ1v) is 3.28. The number of carbonyl (C=O) groups excluding carboxylic acids is 1. The molecule has 68 valence electrons. The van der Waals surface area contributed by atoms with Gasteiger partial charge in [-0.3, -0.25) is 14.9 Å². The minimum Gasteiger partial charge on any atom is -0.502 e. The van der Waals surface area contributed by atoms with Gasteiger partial charge in [0.15, 0.2) is 12.0 Å². The highest BCUT2D eigenvalue weighted by Gasteiger charge is 2.15. The molecule has 1 aromatic rings. The van der Waals surface area contributed by atoms with Gasteiger partial charge in [-0.2, -0.15) is 0 Å². The normalized spacial score (nSPS) is 9.54. The van der Waals surface area contributed by atoms with Gasteiger partial charge >= 0.3 is 5.69 Å². The van der Waals surface area contributed by atoms with Crippen molar-refractivity contribution in [2.24, 2.45) is 0 Å². The van der Waals surface area contributed by atoms with Crippen molar-refractivity contribution in [2.75, 3.05) is 5.73 Å². The van der Waals surface area contributed by atoms with E-state index in [4.69, 9.17) is 10.8 Å². The summed E-state index contributed by atoms with van der Waals surface area (Å²) in [4.78, 5) is 19.8. The highest BCUT2D eigenvalue weighted by molar-refractivity contribution is 5.85. The van der Waals surface area contributed by atoms with Crippen LogP contribution in [-0.4, -0.2) is 16.3 Å². The molecule has 0 amide bonds. The number of nitrogens with two attached hydrogens (primary N) is 1. The van der Waals surface area contributed by atoms with E-state index < -0.39 is 16.4 Å². The number of carbonyl (C=O) groups is 1. The van der Waals surface area contributed by atoms with E-state index in [9.17, 15) is 14.9 Å². The molecule has 0 atom stereocenters. The number of nitrogens with zero attached hydrogens (tertiary/aromatic N) is 1. The summed E-state index contributed by atoms with van der Waals surface area (Å²) in [6.07, 6.45) is 0.391. The van der Waals surface area contributed by atoms with Gasteiger partial charge in [0.25, 0.3) is 0 Å². The summed E-state index contributed by atoms with van der Waals surface area (Å²) in [6, 6.07) is 1.90. The fourth-order valence-electron chi connectivity index (χ4n) is 0.857. The van der Waals surface area contributed by atoms with Crippen LogP contribution in [-0.2, 0) is 0 Å². The average molecular weight is 182 g/mol. The fraction of sp³-hybridized carbons (Fsp3) is 0. The van der Waals surface area contributed by atoms with Gasteiger partial charge in [0.05, 0.1) is 4.92 Å². The van der Waals surface area contributed by atoms with Crippen LogP contribution in [0.4, 0.5) is 11.4 Å². The Bertz CT molecular complexity index is 375. The lowest BCUT2D eigenvalue weighted by atomic mass is 10.1. The molecule has 0 spiro atoms. The summed E-state index contributed by atoms with van der Waals surface area (Å²) in [5.74, 6) is -0.548. The van der Waals surface area contributed by atoms with E-state index in [1.165, 1.54) is 0 Å². The van der Waals surface area contributed by atoms with Crippen LogP contribution in [0.15, 0.2) is 12.1 Å². The Hall–Kier alpha value is -2.11. The summed E-state index contributed by atoms with van der Waals surface area (Å²) in [5.41, 5.74) is 4.76. The quantitative estimate of drug-likeness (QED) is 0.303. The van der Waals surface area contributed by atoms with Crippen molar-refractivity contribution in [1.82, 2.24) is 0 Å². The molecule has 3 N–H and O–H groups in total. The summed E-state index contributed by atoms with van der Waals surface area (Å²) < 4.78 is 0. The molecule has 0 fully saturated rings. The zero-order valence-electron chi connectivity index (χ0n) is 6.43. The summed E-state index contributed by atoms with van der Waals surface area (Å²) in [5, 5.41) is 19.3. The van der Waals surface area contributed by atoms with Gasteiger partial charge in [0.2, 0.25) is 0 Å². The van der Waals surface area contributed by atoms with Crippen molar-refractivity contribution in [1.29, 1.82) is 0 Å². The minimum absolute atomic E-state index is 0.00972. The third-order valence-corrected chi connectivity index (χ3v) is 1.50. The maximum Gasteiger partial charge on any atom is 0.311 e. The van der Waals surface area contributed by atoms with Crippen molar-refractivity contribution < 1.29 is 14.8 Å². The number of rotatable bonds is 2. The van der Waals surface area contributed by atoms with Crippen molar-refractivity contribution >= 4 is 17.7 Å². The number of aromatic hydroxyl groups is 1. The Balaban J connectivity index is 3.38. The lowest BCUT2D eigenvalue weighted by molar-refractivity contribution is -0.385. The molecule has 0 aliphatic carbocycles. The van der Waals surface area contributed by atoms with Crippen molar-refractivity contribution in [3.05, 3.63) is 27.8 Å². The molecular formula is C7H6N2O4. The maximum absolute atomic E-state index is 10.3. The second-order valence-corrected chi connectivity index (χ2v) is 2.34. The molecule has 1 aromatic carbocycles. The van der Waals surface area contributed by atoms with Gasteiger partial charge in [-0.05, 0) is 0 Å². The van der Waals surface area contributed by atoms with Crippen LogP contribution in [0.2, 0.25) is 0 Å². The van der Waals surface area contributed by atoms with E-state index in [1.54, 1.807) is 0 Å². The van der Waals surface area contributed by atoms with Crippen LogP contribution in [0.5, 0.6) is 5.75 Å². The molecule has 13 heavy (non-hydrogen) atoms. The lowest BCUT2D eigenvalue weighted by Gasteiger charge is -1.99. The highest BCUT2D eigenvalue weighted by Crippen LogP contribution is 2.29. The number of nitro benzene ring substituents is 1. The number of nitro groups is 1. The molecule has 0 heterocycles. The third-order valence-electron chi connectivity index (χ3n) is 1.50. The minimum atomic E-state index is -0.790. The van der Waals surface area contributed by atoms with Gasteiger partial charge in [-0.15, -0.1) is 0 Å². The Morgan fingerprint density at radius 1 is 1.54 bits per heavy atom. The first-order valence-electron chi connectivity index (χ1n) is 3.28. The number of hydrogen-bond donors (Lipinski definition) is 2. The van der Waals surface area contributed by atoms with Gasteiger partial charge in [-0.25, -0.2) is 0 Å². The van der Waals surface area contributed by atoms with Crippen molar-refractivity contribution in [3.8, 4) is 5.75 Å². The van der Waals surface area contributed by atoms with Crippen LogP contribution in [0.1, 0.15) is 10.4 Å². The first-order chi connectivity index (χ1) is 6.06. The highest BCUT2D eigenvalue weighted by atomic mass is 16.6. The van der Waals surface area contributed by atoms with Crippen LogP contribution in [0.25, 0.3) is 0 Å². The molecule has 0 aromatic heterocycles. The summed E-state index contributed by atoms with van der Waals surface area (Å²) in [7, 11) is 0. The second-order valence-electron chi connectivity index (χ2n) is 2.34. The molecule has 0 unspecified atom stereocenters. The predicted molar refractivity (Wildman–Crippen MR) is 44.6 cm³/mol. The molecule has 0 bridgehead atoms. The van der Waals surface area contributed by atoms with E-state index in [-0.39, 0.29) is 11.3 Å². The van der Waals surface area contributed by atoms with E-state index in [2.05, 4.69) is 0 Å². The molecule has 0 radical (unpaired) electrons. The number of phenols is 1. The number of aldehydes is 1. The van der Waals surface area contributed by atoms with Gasteiger partial charge in [0.1, 0.15) is 0 Å². The molecule has 0 aliphatic rings. The summed E-state index contributed by atoms with van der Waals surface area (Å²) >= 11 is 0. The second kappa shape index (κ2) is 3.10. The smallest absolute Gasteiger partial charge is 0.311 e. The van der Waals surface area contributed by atoms with Crippen LogP contribution in [0.3, 0.4) is 0 Å². The topological polar surface area (TPSA) is 106 Å². The molecule has 6 nitrogen and oxygen atoms in total. The van der Waals surface area contributed by atoms with Crippen LogP contribution in [0, 0.1) is 10.1 Å². The Morgan fingerprint density at radius 3 is 2.62 bits per heavy atom. The number of phenolic OH excluding ortho intramolecular Hbond substituents is 1. The number of anilines is 1. The third kappa shape index (κ3) is 1.56. The Morgan fingerprint density at radius 2 is 2.15 bits per heavy atom. The number of nitrogen functional groups attached to an aromatic ring is 1. The number of hydrogen-bond acceptors (Lipinski definition) is 5. The molecule has 0 aliphatic heterocycles. The van der Waals surface area contributed by atoms with E-state index in [1.807, 2.05) is 0 Å². The standard InChI is InChI=1S/C7H6N2O4/c8-5-2-7(11)6(9(12)13)1-4(5)3-10/h1-3,11H,8H2. The molecule has 6 heteroatoms. The molecule has 0 saturated heterocycles. The zero-order valence-corrected chi connectivity index (χ0v) is 6.43. The molecule has 0 saturated carbocycles. The predicted octanol–water partition coefficient (Wildman–Crippen LogP) is 0.695. The van der Waals surface area contributed by atoms with E-state index in [0.717, 1.165) is 12.1 Å². The zero-order chi connectivity index (χ0) is 10.0. The van der Waals surface area contributed by atoms with Crippen molar-refractivity contribution in [3.63, 3.8) is 0 Å². The maximum atomic E-state index is 10.3. The number of benzene rings is 1. The van der Waals surface area contributed by atoms with E-state index >= 15 is 0 Å². The Kier molecular flexibility index (Phi) is 2.14. The molecule has 1 rings (SSSR count). The van der Waals surface area contributed by atoms with Crippen LogP contribution < -0.4 is 5.73 Å². The van der Waals surface area contributed by atoms with E-state index in [0.29, 0.717) is 6.29 Å². The monoisotopic (exact) mass is 182 g/mol. The first kappa shape index (κ1) is 8.98. The van der Waals surface area contributed by atoms with Crippen LogP contribution >= 0.6 is 0 Å². The van der Waals surface area contributed by atoms with Gasteiger partial charge in [-0.1, -0.05) is 0 Å². The van der Waals surface area contributed by atoms with Gasteiger partial charge in [0, 0.05) is 23.4 Å². The largest absolute Gasteiger partial charge is 0.502 e. The van der Waals surface area contributed by atoms with Gasteiger partial charge < -0.3 is 10.8 Å². The van der Waals surface area contributed by atoms with Crippen molar-refractivity contribution in [2.45, 2.75) is 0 Å². The SMILES string of the molecule is Nc1cc(O)c([N+](=O)[O-])cc1C=O. The lowest BCUT2D eigenvalue weighted by Crippen LogP contribution is -1.96. The fourth-order valence-corrected chi connectivity index (χ4v) is 0.857. The average Bonchev–Trinajstić information content (AvgIpc) is 2.03. The summed E-state index contributed by atoms with van der Waals surface area (Å²) in [6.45, 7) is 0. The molecular weight excluding hydrogens is 176 g/mol.